The van der Waals surface area contributed by atoms with Crippen molar-refractivity contribution in [3.63, 3.8) is 0 Å². The van der Waals surface area contributed by atoms with Crippen molar-refractivity contribution in [3.8, 4) is 0 Å². The van der Waals surface area contributed by atoms with Crippen molar-refractivity contribution in [1.82, 2.24) is 0 Å². The quantitative estimate of drug-likeness (QED) is 0.662. The van der Waals surface area contributed by atoms with E-state index in [9.17, 15) is 9.59 Å². The zero-order valence-corrected chi connectivity index (χ0v) is 13.1. The van der Waals surface area contributed by atoms with Gasteiger partial charge < -0.3 is 10.1 Å². The van der Waals surface area contributed by atoms with Crippen molar-refractivity contribution in [2.24, 2.45) is 10.9 Å². The molecule has 0 aliphatic rings. The highest BCUT2D eigenvalue weighted by Gasteiger charge is 2.14. The average molecular weight is 311 g/mol. The first-order valence-corrected chi connectivity index (χ1v) is 7.09. The van der Waals surface area contributed by atoms with Crippen LogP contribution in [0.15, 0.2) is 29.3 Å². The minimum atomic E-state index is -0.586. The molecule has 0 bridgehead atoms. The monoisotopic (exact) mass is 310 g/mol. The molecule has 1 rings (SSSR count). The molecule has 6 heteroatoms. The second kappa shape index (κ2) is 8.42. The summed E-state index contributed by atoms with van der Waals surface area (Å²) >= 11 is 5.76. The molecule has 5 nitrogen and oxygen atoms in total. The van der Waals surface area contributed by atoms with Gasteiger partial charge in [-0.05, 0) is 31.2 Å². The van der Waals surface area contributed by atoms with Crippen LogP contribution in [0.25, 0.3) is 0 Å². The van der Waals surface area contributed by atoms with E-state index in [2.05, 4.69) is 10.3 Å². The predicted molar refractivity (Wildman–Crippen MR) is 84.0 cm³/mol. The lowest BCUT2D eigenvalue weighted by Gasteiger charge is -2.08. The van der Waals surface area contributed by atoms with Crippen LogP contribution < -0.4 is 5.32 Å². The second-order valence-electron chi connectivity index (χ2n) is 4.67. The predicted octanol–water partition coefficient (Wildman–Crippen LogP) is 3.92. The standard InChI is InChI=1S/C15H19ClN2O3/c1-4-21-14(9-13(19)10(2)3)18-15(20)17-12-7-5-11(16)6-8-12/h5-8,10H,4,9H2,1-3H3,(H,17,20). The van der Waals surface area contributed by atoms with Crippen LogP contribution in [0.4, 0.5) is 10.5 Å². The highest BCUT2D eigenvalue weighted by atomic mass is 35.5. The van der Waals surface area contributed by atoms with Crippen LogP contribution in [-0.4, -0.2) is 24.3 Å². The van der Waals surface area contributed by atoms with Crippen molar-refractivity contribution in [1.29, 1.82) is 0 Å². The van der Waals surface area contributed by atoms with Gasteiger partial charge in [-0.3, -0.25) is 4.79 Å². The first-order chi connectivity index (χ1) is 9.92. The summed E-state index contributed by atoms with van der Waals surface area (Å²) in [7, 11) is 0. The lowest BCUT2D eigenvalue weighted by molar-refractivity contribution is -0.120. The number of carbonyl (C=O) groups is 2. The number of rotatable bonds is 5. The zero-order valence-electron chi connectivity index (χ0n) is 12.4. The van der Waals surface area contributed by atoms with E-state index >= 15 is 0 Å². The van der Waals surface area contributed by atoms with E-state index in [0.717, 1.165) is 0 Å². The van der Waals surface area contributed by atoms with Gasteiger partial charge >= 0.3 is 6.03 Å². The molecule has 0 aromatic heterocycles. The van der Waals surface area contributed by atoms with E-state index in [1.54, 1.807) is 45.0 Å². The number of hydrogen-bond donors (Lipinski definition) is 1. The van der Waals surface area contributed by atoms with Crippen LogP contribution >= 0.6 is 11.6 Å². The number of aliphatic imine (C=N–C) groups is 1. The van der Waals surface area contributed by atoms with Gasteiger partial charge in [0, 0.05) is 16.6 Å². The second-order valence-corrected chi connectivity index (χ2v) is 5.11. The average Bonchev–Trinajstić information content (AvgIpc) is 2.41. The smallest absolute Gasteiger partial charge is 0.348 e. The Bertz CT molecular complexity index is 524. The Kier molecular flexibility index (Phi) is 6.88. The summed E-state index contributed by atoms with van der Waals surface area (Å²) < 4.78 is 5.24. The topological polar surface area (TPSA) is 67.8 Å². The van der Waals surface area contributed by atoms with E-state index in [1.807, 2.05) is 0 Å². The summed E-state index contributed by atoms with van der Waals surface area (Å²) in [6, 6.07) is 6.06. The molecule has 0 saturated carbocycles. The summed E-state index contributed by atoms with van der Waals surface area (Å²) in [6.45, 7) is 5.70. The number of nitrogens with zero attached hydrogens (tertiary/aromatic N) is 1. The van der Waals surface area contributed by atoms with E-state index in [4.69, 9.17) is 16.3 Å². The van der Waals surface area contributed by atoms with Crippen LogP contribution in [0.2, 0.25) is 5.02 Å². The van der Waals surface area contributed by atoms with Crippen LogP contribution in [0, 0.1) is 5.92 Å². The molecule has 1 aromatic carbocycles. The van der Waals surface area contributed by atoms with Crippen molar-refractivity contribution < 1.29 is 14.3 Å². The van der Waals surface area contributed by atoms with Crippen molar-refractivity contribution in [2.45, 2.75) is 27.2 Å². The number of ether oxygens (including phenoxy) is 1. The number of carbonyl (C=O) groups excluding carboxylic acids is 2. The summed E-state index contributed by atoms with van der Waals surface area (Å²) in [4.78, 5) is 27.3. The van der Waals surface area contributed by atoms with Gasteiger partial charge in [0.2, 0.25) is 5.90 Å². The zero-order chi connectivity index (χ0) is 15.8. The summed E-state index contributed by atoms with van der Waals surface area (Å²) in [5.74, 6) is -0.0286. The van der Waals surface area contributed by atoms with E-state index in [-0.39, 0.29) is 24.0 Å². The Morgan fingerprint density at radius 2 is 1.90 bits per heavy atom. The number of nitrogens with one attached hydrogen (secondary N) is 1. The third-order valence-corrected chi connectivity index (χ3v) is 2.85. The third kappa shape index (κ3) is 6.40. The Morgan fingerprint density at radius 3 is 2.43 bits per heavy atom. The van der Waals surface area contributed by atoms with Crippen molar-refractivity contribution in [3.05, 3.63) is 29.3 Å². The van der Waals surface area contributed by atoms with Gasteiger partial charge in [0.25, 0.3) is 0 Å². The number of amides is 2. The molecule has 2 amide bonds. The van der Waals surface area contributed by atoms with Gasteiger partial charge in [-0.15, -0.1) is 0 Å². The number of hydrogen-bond acceptors (Lipinski definition) is 3. The fourth-order valence-electron chi connectivity index (χ4n) is 1.44. The van der Waals surface area contributed by atoms with Crippen molar-refractivity contribution >= 4 is 35.0 Å². The molecule has 0 heterocycles. The highest BCUT2D eigenvalue weighted by Crippen LogP contribution is 2.13. The van der Waals surface area contributed by atoms with E-state index in [1.165, 1.54) is 0 Å². The van der Waals surface area contributed by atoms with Gasteiger partial charge in [0.15, 0.2) is 0 Å². The van der Waals surface area contributed by atoms with Crippen molar-refractivity contribution in [2.75, 3.05) is 11.9 Å². The number of benzene rings is 1. The number of Topliss-reactive ketones (excluding diaryl/α,β-unsaturated/α-hetero) is 1. The van der Waals surface area contributed by atoms with Gasteiger partial charge in [-0.25, -0.2) is 4.79 Å². The fourth-order valence-corrected chi connectivity index (χ4v) is 1.57. The lowest BCUT2D eigenvalue weighted by Crippen LogP contribution is -2.18. The largest absolute Gasteiger partial charge is 0.481 e. The molecule has 0 aliphatic heterocycles. The molecule has 1 N–H and O–H groups in total. The molecule has 0 aliphatic carbocycles. The molecular weight excluding hydrogens is 292 g/mol. The number of anilines is 1. The minimum absolute atomic E-state index is 0.0134. The molecule has 21 heavy (non-hydrogen) atoms. The van der Waals surface area contributed by atoms with Gasteiger partial charge in [0.05, 0.1) is 13.0 Å². The summed E-state index contributed by atoms with van der Waals surface area (Å²) in [6.07, 6.45) is 0.0134. The van der Waals surface area contributed by atoms with E-state index in [0.29, 0.717) is 17.3 Å². The number of ketones is 1. The Labute approximate surface area is 129 Å². The highest BCUT2D eigenvalue weighted by molar-refractivity contribution is 6.30. The molecule has 0 unspecified atom stereocenters. The van der Waals surface area contributed by atoms with Crippen LogP contribution in [0.3, 0.4) is 0 Å². The van der Waals surface area contributed by atoms with Crippen LogP contribution in [0.1, 0.15) is 27.2 Å². The van der Waals surface area contributed by atoms with E-state index < -0.39 is 6.03 Å². The maximum absolute atomic E-state index is 11.8. The van der Waals surface area contributed by atoms with Gasteiger partial charge in [-0.1, -0.05) is 25.4 Å². The SMILES string of the molecule is CCOC(CC(=O)C(C)C)=NC(=O)Nc1ccc(Cl)cc1. The molecule has 114 valence electrons. The first-order valence-electron chi connectivity index (χ1n) is 6.72. The van der Waals surface area contributed by atoms with Gasteiger partial charge in [-0.2, -0.15) is 4.99 Å². The first kappa shape index (κ1) is 17.2. The molecule has 0 saturated heterocycles. The Hall–Kier alpha value is -1.88. The number of halogens is 1. The minimum Gasteiger partial charge on any atom is -0.481 e. The lowest BCUT2D eigenvalue weighted by atomic mass is 10.1. The molecule has 0 atom stereocenters. The normalized spacial score (nSPS) is 11.4. The molecular formula is C15H19ClN2O3. The van der Waals surface area contributed by atoms with Crippen LogP contribution in [0.5, 0.6) is 0 Å². The fraction of sp³-hybridized carbons (Fsp3) is 0.400. The van der Waals surface area contributed by atoms with Crippen LogP contribution in [-0.2, 0) is 9.53 Å². The molecule has 0 radical (unpaired) electrons. The maximum atomic E-state index is 11.8. The summed E-state index contributed by atoms with van der Waals surface area (Å²) in [5.41, 5.74) is 0.569. The molecule has 0 fully saturated rings. The number of urea groups is 1. The molecule has 1 aromatic rings. The Morgan fingerprint density at radius 1 is 1.29 bits per heavy atom. The third-order valence-electron chi connectivity index (χ3n) is 2.60. The maximum Gasteiger partial charge on any atom is 0.348 e. The van der Waals surface area contributed by atoms with Gasteiger partial charge in [0.1, 0.15) is 5.78 Å². The Balaban J connectivity index is 2.72. The molecule has 0 spiro atoms. The summed E-state index contributed by atoms with van der Waals surface area (Å²) in [5, 5.41) is 3.16.